The fraction of sp³-hybridized carbons (Fsp3) is 0.533. The summed E-state index contributed by atoms with van der Waals surface area (Å²) in [4.78, 5) is 14.3. The zero-order chi connectivity index (χ0) is 15.0. The van der Waals surface area contributed by atoms with E-state index in [9.17, 15) is 4.79 Å². The SMILES string of the molecule is Cc1ccc(CN(C)C(=O)C2CCc3nnn(C)c3C2)o1. The zero-order valence-corrected chi connectivity index (χ0v) is 12.7. The second-order valence-corrected chi connectivity index (χ2v) is 5.75. The first-order valence-electron chi connectivity index (χ1n) is 7.22. The molecule has 6 heteroatoms. The number of rotatable bonds is 3. The molecule has 0 fully saturated rings. The minimum atomic E-state index is 0.00996. The number of amides is 1. The molecule has 112 valence electrons. The number of nitrogens with zero attached hydrogens (tertiary/aromatic N) is 4. The van der Waals surface area contributed by atoms with Crippen molar-refractivity contribution in [3.63, 3.8) is 0 Å². The summed E-state index contributed by atoms with van der Waals surface area (Å²) in [5.41, 5.74) is 2.12. The highest BCUT2D eigenvalue weighted by molar-refractivity contribution is 5.79. The summed E-state index contributed by atoms with van der Waals surface area (Å²) < 4.78 is 7.32. The highest BCUT2D eigenvalue weighted by Crippen LogP contribution is 2.25. The third kappa shape index (κ3) is 2.70. The zero-order valence-electron chi connectivity index (χ0n) is 12.7. The summed E-state index contributed by atoms with van der Waals surface area (Å²) in [5.74, 6) is 1.86. The standard InChI is InChI=1S/C15H20N4O2/c1-10-4-6-12(21-10)9-18(2)15(20)11-5-7-13-14(8-11)19(3)17-16-13/h4,6,11H,5,7-9H2,1-3H3. The monoisotopic (exact) mass is 288 g/mol. The first-order chi connectivity index (χ1) is 10.0. The molecule has 0 aliphatic heterocycles. The number of aryl methyl sites for hydroxylation is 3. The number of carbonyl (C=O) groups excluding carboxylic acids is 1. The van der Waals surface area contributed by atoms with Crippen LogP contribution in [0.5, 0.6) is 0 Å². The van der Waals surface area contributed by atoms with E-state index in [1.54, 1.807) is 9.58 Å². The molecule has 6 nitrogen and oxygen atoms in total. The van der Waals surface area contributed by atoms with Crippen molar-refractivity contribution in [3.05, 3.63) is 35.0 Å². The number of furan rings is 1. The maximum absolute atomic E-state index is 12.6. The Kier molecular flexibility index (Phi) is 3.53. The van der Waals surface area contributed by atoms with Gasteiger partial charge in [-0.1, -0.05) is 5.21 Å². The largest absolute Gasteiger partial charge is 0.464 e. The van der Waals surface area contributed by atoms with Crippen LogP contribution in [0.4, 0.5) is 0 Å². The Morgan fingerprint density at radius 3 is 3.05 bits per heavy atom. The van der Waals surface area contributed by atoms with Gasteiger partial charge >= 0.3 is 0 Å². The van der Waals surface area contributed by atoms with Crippen LogP contribution in [0.1, 0.15) is 29.3 Å². The molecule has 0 spiro atoms. The lowest BCUT2D eigenvalue weighted by Gasteiger charge is -2.25. The maximum atomic E-state index is 12.6. The summed E-state index contributed by atoms with van der Waals surface area (Å²) in [6, 6.07) is 3.84. The predicted molar refractivity (Wildman–Crippen MR) is 76.4 cm³/mol. The average Bonchev–Trinajstić information content (AvgIpc) is 3.04. The Balaban J connectivity index is 1.67. The van der Waals surface area contributed by atoms with Crippen molar-refractivity contribution < 1.29 is 9.21 Å². The van der Waals surface area contributed by atoms with Crippen LogP contribution in [-0.2, 0) is 31.2 Å². The van der Waals surface area contributed by atoms with Crippen molar-refractivity contribution >= 4 is 5.91 Å². The molecule has 0 N–H and O–H groups in total. The predicted octanol–water partition coefficient (Wildman–Crippen LogP) is 1.48. The smallest absolute Gasteiger partial charge is 0.226 e. The van der Waals surface area contributed by atoms with Gasteiger partial charge in [0.2, 0.25) is 5.91 Å². The Morgan fingerprint density at radius 1 is 1.52 bits per heavy atom. The number of carbonyl (C=O) groups is 1. The van der Waals surface area contributed by atoms with Crippen LogP contribution >= 0.6 is 0 Å². The highest BCUT2D eigenvalue weighted by Gasteiger charge is 2.30. The molecule has 2 aromatic rings. The van der Waals surface area contributed by atoms with Gasteiger partial charge in [-0.05, 0) is 31.9 Å². The van der Waals surface area contributed by atoms with E-state index in [1.807, 2.05) is 33.2 Å². The Morgan fingerprint density at radius 2 is 2.33 bits per heavy atom. The first kappa shape index (κ1) is 13.9. The quantitative estimate of drug-likeness (QED) is 0.858. The third-order valence-corrected chi connectivity index (χ3v) is 4.11. The van der Waals surface area contributed by atoms with Gasteiger partial charge in [-0.3, -0.25) is 9.48 Å². The molecule has 1 aliphatic rings. The van der Waals surface area contributed by atoms with E-state index in [0.717, 1.165) is 42.2 Å². The average molecular weight is 288 g/mol. The van der Waals surface area contributed by atoms with E-state index in [4.69, 9.17) is 4.42 Å². The van der Waals surface area contributed by atoms with Crippen LogP contribution < -0.4 is 0 Å². The maximum Gasteiger partial charge on any atom is 0.226 e. The van der Waals surface area contributed by atoms with Crippen molar-refractivity contribution in [1.29, 1.82) is 0 Å². The molecule has 3 rings (SSSR count). The fourth-order valence-electron chi connectivity index (χ4n) is 2.91. The van der Waals surface area contributed by atoms with Crippen molar-refractivity contribution in [2.75, 3.05) is 7.05 Å². The molecule has 21 heavy (non-hydrogen) atoms. The van der Waals surface area contributed by atoms with Gasteiger partial charge in [0.15, 0.2) is 0 Å². The van der Waals surface area contributed by atoms with Gasteiger partial charge in [-0.2, -0.15) is 0 Å². The number of fused-ring (bicyclic) bond motifs is 1. The fourth-order valence-corrected chi connectivity index (χ4v) is 2.91. The molecule has 1 amide bonds. The van der Waals surface area contributed by atoms with E-state index in [0.29, 0.717) is 6.54 Å². The second-order valence-electron chi connectivity index (χ2n) is 5.75. The van der Waals surface area contributed by atoms with Crippen LogP contribution in [0.15, 0.2) is 16.5 Å². The second kappa shape index (κ2) is 5.35. The summed E-state index contributed by atoms with van der Waals surface area (Å²) in [6.07, 6.45) is 2.39. The van der Waals surface area contributed by atoms with Crippen LogP contribution in [0.25, 0.3) is 0 Å². The molecule has 0 aromatic carbocycles. The third-order valence-electron chi connectivity index (χ3n) is 4.11. The lowest BCUT2D eigenvalue weighted by molar-refractivity contribution is -0.135. The summed E-state index contributed by atoms with van der Waals surface area (Å²) >= 11 is 0. The van der Waals surface area contributed by atoms with Gasteiger partial charge < -0.3 is 9.32 Å². The molecule has 1 unspecified atom stereocenters. The van der Waals surface area contributed by atoms with Gasteiger partial charge in [0.05, 0.1) is 17.9 Å². The van der Waals surface area contributed by atoms with Crippen LogP contribution in [-0.4, -0.2) is 32.8 Å². The molecule has 1 atom stereocenters. The van der Waals surface area contributed by atoms with Crippen molar-refractivity contribution in [3.8, 4) is 0 Å². The Hall–Kier alpha value is -2.11. The van der Waals surface area contributed by atoms with Gasteiger partial charge in [0, 0.05) is 26.4 Å². The van der Waals surface area contributed by atoms with Crippen molar-refractivity contribution in [2.45, 2.75) is 32.7 Å². The van der Waals surface area contributed by atoms with E-state index in [2.05, 4.69) is 10.3 Å². The normalized spacial score (nSPS) is 17.6. The van der Waals surface area contributed by atoms with Crippen LogP contribution in [0.3, 0.4) is 0 Å². The number of aromatic nitrogens is 3. The van der Waals surface area contributed by atoms with Crippen LogP contribution in [0.2, 0.25) is 0 Å². The highest BCUT2D eigenvalue weighted by atomic mass is 16.3. The molecular formula is C15H20N4O2. The van der Waals surface area contributed by atoms with E-state index in [1.165, 1.54) is 0 Å². The molecule has 1 aliphatic carbocycles. The molecule has 2 heterocycles. The van der Waals surface area contributed by atoms with Gasteiger partial charge in [0.25, 0.3) is 0 Å². The van der Waals surface area contributed by atoms with Gasteiger partial charge in [0.1, 0.15) is 11.5 Å². The van der Waals surface area contributed by atoms with Crippen molar-refractivity contribution in [2.24, 2.45) is 13.0 Å². The van der Waals surface area contributed by atoms with Crippen molar-refractivity contribution in [1.82, 2.24) is 19.9 Å². The lowest BCUT2D eigenvalue weighted by Crippen LogP contribution is -2.35. The number of hydrogen-bond donors (Lipinski definition) is 0. The minimum absolute atomic E-state index is 0.00996. The van der Waals surface area contributed by atoms with Gasteiger partial charge in [-0.25, -0.2) is 0 Å². The topological polar surface area (TPSA) is 64.2 Å². The van der Waals surface area contributed by atoms with Crippen LogP contribution in [0, 0.1) is 12.8 Å². The molecule has 0 bridgehead atoms. The number of hydrogen-bond acceptors (Lipinski definition) is 4. The minimum Gasteiger partial charge on any atom is -0.464 e. The molecule has 0 saturated heterocycles. The Labute approximate surface area is 123 Å². The molecular weight excluding hydrogens is 268 g/mol. The molecule has 0 saturated carbocycles. The first-order valence-corrected chi connectivity index (χ1v) is 7.22. The van der Waals surface area contributed by atoms with Gasteiger partial charge in [-0.15, -0.1) is 5.10 Å². The lowest BCUT2D eigenvalue weighted by atomic mass is 9.88. The summed E-state index contributed by atoms with van der Waals surface area (Å²) in [7, 11) is 3.71. The summed E-state index contributed by atoms with van der Waals surface area (Å²) in [6.45, 7) is 2.42. The van der Waals surface area contributed by atoms with E-state index >= 15 is 0 Å². The van der Waals surface area contributed by atoms with E-state index in [-0.39, 0.29) is 11.8 Å². The summed E-state index contributed by atoms with van der Waals surface area (Å²) in [5, 5.41) is 8.17. The Bertz CT molecular complexity index is 658. The molecule has 0 radical (unpaired) electrons. The van der Waals surface area contributed by atoms with E-state index < -0.39 is 0 Å². The molecule has 2 aromatic heterocycles.